The number of epoxide rings is 1. The fourth-order valence-corrected chi connectivity index (χ4v) is 3.28. The number of benzene rings is 2. The molecule has 1 aromatic heterocycles. The molecular weight excluding hydrogens is 268 g/mol. The van der Waals surface area contributed by atoms with E-state index in [-0.39, 0.29) is 12.2 Å². The van der Waals surface area contributed by atoms with Crippen LogP contribution in [0.5, 0.6) is 5.75 Å². The summed E-state index contributed by atoms with van der Waals surface area (Å²) in [6, 6.07) is 18.6. The molecule has 1 aliphatic rings. The van der Waals surface area contributed by atoms with Crippen molar-refractivity contribution < 1.29 is 9.47 Å². The molecule has 1 aliphatic heterocycles. The maximum absolute atomic E-state index is 6.28. The first-order valence-electron chi connectivity index (χ1n) is 6.71. The van der Waals surface area contributed by atoms with Crippen LogP contribution in [0.25, 0.3) is 10.1 Å². The van der Waals surface area contributed by atoms with Crippen LogP contribution in [0.4, 0.5) is 0 Å². The van der Waals surface area contributed by atoms with Gasteiger partial charge in [0.05, 0.1) is 11.3 Å². The molecular formula is C17H14O2S. The molecule has 3 heteroatoms. The first kappa shape index (κ1) is 11.9. The van der Waals surface area contributed by atoms with Gasteiger partial charge < -0.3 is 9.47 Å². The van der Waals surface area contributed by atoms with E-state index in [1.807, 2.05) is 30.3 Å². The van der Waals surface area contributed by atoms with Crippen LogP contribution in [0, 0.1) is 0 Å². The molecule has 4 rings (SSSR count). The van der Waals surface area contributed by atoms with Gasteiger partial charge in [-0.1, -0.05) is 42.5 Å². The van der Waals surface area contributed by atoms with Gasteiger partial charge in [0.2, 0.25) is 0 Å². The van der Waals surface area contributed by atoms with Gasteiger partial charge >= 0.3 is 0 Å². The summed E-state index contributed by atoms with van der Waals surface area (Å²) in [5.41, 5.74) is 1.17. The van der Waals surface area contributed by atoms with E-state index < -0.39 is 0 Å². The first-order valence-corrected chi connectivity index (χ1v) is 7.59. The molecule has 2 heterocycles. The molecule has 1 saturated heterocycles. The quantitative estimate of drug-likeness (QED) is 0.661. The monoisotopic (exact) mass is 282 g/mol. The number of hydrogen-bond acceptors (Lipinski definition) is 3. The van der Waals surface area contributed by atoms with Crippen LogP contribution in [0.15, 0.2) is 60.0 Å². The van der Waals surface area contributed by atoms with Crippen molar-refractivity contribution >= 4 is 21.4 Å². The smallest absolute Gasteiger partial charge is 0.152 e. The lowest BCUT2D eigenvalue weighted by molar-refractivity contribution is 0.164. The van der Waals surface area contributed by atoms with Gasteiger partial charge in [0.1, 0.15) is 11.9 Å². The Bertz CT molecular complexity index is 716. The second-order valence-electron chi connectivity index (χ2n) is 4.92. The molecule has 2 aromatic carbocycles. The highest BCUT2D eigenvalue weighted by Gasteiger charge is 2.36. The standard InChI is InChI=1S/C17H14O2S/c1-2-5-12(6-3-1)16(15-11-18-15)19-14-8-4-7-13-9-10-20-17(13)14/h1-10,15-16H,11H2/t15?,16-/m1/s1. The maximum Gasteiger partial charge on any atom is 0.152 e. The molecule has 20 heavy (non-hydrogen) atoms. The summed E-state index contributed by atoms with van der Waals surface area (Å²) in [6.45, 7) is 0.778. The third-order valence-corrected chi connectivity index (χ3v) is 4.47. The molecule has 1 unspecified atom stereocenters. The Balaban J connectivity index is 1.70. The average Bonchev–Trinajstić information content (AvgIpc) is 3.22. The van der Waals surface area contributed by atoms with Crippen LogP contribution in [-0.4, -0.2) is 12.7 Å². The Morgan fingerprint density at radius 2 is 1.90 bits per heavy atom. The molecule has 3 aromatic rings. The van der Waals surface area contributed by atoms with Crippen LogP contribution in [0.3, 0.4) is 0 Å². The molecule has 0 amide bonds. The predicted molar refractivity (Wildman–Crippen MR) is 81.4 cm³/mol. The van der Waals surface area contributed by atoms with Gasteiger partial charge in [0.15, 0.2) is 6.10 Å². The summed E-state index contributed by atoms with van der Waals surface area (Å²) >= 11 is 1.72. The van der Waals surface area contributed by atoms with Crippen molar-refractivity contribution in [1.29, 1.82) is 0 Å². The highest BCUT2D eigenvalue weighted by atomic mass is 32.1. The average molecular weight is 282 g/mol. The molecule has 0 aliphatic carbocycles. The molecule has 100 valence electrons. The third kappa shape index (κ3) is 2.19. The fraction of sp³-hybridized carbons (Fsp3) is 0.176. The van der Waals surface area contributed by atoms with Gasteiger partial charge in [-0.25, -0.2) is 0 Å². The van der Waals surface area contributed by atoms with E-state index in [0.29, 0.717) is 0 Å². The largest absolute Gasteiger partial charge is 0.481 e. The van der Waals surface area contributed by atoms with Crippen molar-refractivity contribution in [2.24, 2.45) is 0 Å². The lowest BCUT2D eigenvalue weighted by Gasteiger charge is -2.18. The SMILES string of the molecule is c1ccc([C@@H](Oc2cccc3ccsc23)C2CO2)cc1. The van der Waals surface area contributed by atoms with E-state index in [1.54, 1.807) is 11.3 Å². The zero-order valence-electron chi connectivity index (χ0n) is 10.9. The number of ether oxygens (including phenoxy) is 2. The Kier molecular flexibility index (Phi) is 2.94. The van der Waals surface area contributed by atoms with Gasteiger partial charge in [-0.3, -0.25) is 0 Å². The normalized spacial score (nSPS) is 18.9. The van der Waals surface area contributed by atoms with Gasteiger partial charge in [0, 0.05) is 0 Å². The van der Waals surface area contributed by atoms with E-state index in [0.717, 1.165) is 12.4 Å². The topological polar surface area (TPSA) is 21.8 Å². The van der Waals surface area contributed by atoms with Crippen molar-refractivity contribution in [3.05, 3.63) is 65.5 Å². The van der Waals surface area contributed by atoms with Crippen molar-refractivity contribution in [2.45, 2.75) is 12.2 Å². The second-order valence-corrected chi connectivity index (χ2v) is 5.83. The summed E-state index contributed by atoms with van der Waals surface area (Å²) in [6.07, 6.45) is 0.150. The molecule has 0 spiro atoms. The number of rotatable bonds is 4. The van der Waals surface area contributed by atoms with Gasteiger partial charge in [0.25, 0.3) is 0 Å². The number of hydrogen-bond donors (Lipinski definition) is 0. The molecule has 0 radical (unpaired) electrons. The van der Waals surface area contributed by atoms with Crippen LogP contribution >= 0.6 is 11.3 Å². The molecule has 2 atom stereocenters. The number of fused-ring (bicyclic) bond motifs is 1. The van der Waals surface area contributed by atoms with Crippen LogP contribution < -0.4 is 4.74 Å². The van der Waals surface area contributed by atoms with Crippen LogP contribution in [-0.2, 0) is 4.74 Å². The zero-order valence-corrected chi connectivity index (χ0v) is 11.7. The zero-order chi connectivity index (χ0) is 13.4. The van der Waals surface area contributed by atoms with Crippen molar-refractivity contribution in [3.8, 4) is 5.75 Å². The highest BCUT2D eigenvalue weighted by molar-refractivity contribution is 7.17. The summed E-state index contributed by atoms with van der Waals surface area (Å²) in [7, 11) is 0. The van der Waals surface area contributed by atoms with Gasteiger partial charge in [-0.2, -0.15) is 0 Å². The predicted octanol–water partition coefficient (Wildman–Crippen LogP) is 4.42. The highest BCUT2D eigenvalue weighted by Crippen LogP contribution is 2.37. The number of thiophene rings is 1. The lowest BCUT2D eigenvalue weighted by atomic mass is 10.1. The van der Waals surface area contributed by atoms with E-state index in [9.17, 15) is 0 Å². The summed E-state index contributed by atoms with van der Waals surface area (Å²) < 4.78 is 13.0. The molecule has 0 saturated carbocycles. The lowest BCUT2D eigenvalue weighted by Crippen LogP contribution is -2.14. The second kappa shape index (κ2) is 4.93. The molecule has 0 N–H and O–H groups in total. The summed E-state index contributed by atoms with van der Waals surface area (Å²) in [4.78, 5) is 0. The fourth-order valence-electron chi connectivity index (χ4n) is 2.43. The van der Waals surface area contributed by atoms with Crippen LogP contribution in [0.1, 0.15) is 11.7 Å². The van der Waals surface area contributed by atoms with Crippen LogP contribution in [0.2, 0.25) is 0 Å². The Morgan fingerprint density at radius 3 is 2.70 bits per heavy atom. The van der Waals surface area contributed by atoms with E-state index in [4.69, 9.17) is 9.47 Å². The Hall–Kier alpha value is -1.84. The maximum atomic E-state index is 6.28. The molecule has 2 nitrogen and oxygen atoms in total. The Labute approximate surface area is 121 Å². The van der Waals surface area contributed by atoms with Crippen molar-refractivity contribution in [3.63, 3.8) is 0 Å². The molecule has 1 fully saturated rings. The van der Waals surface area contributed by atoms with E-state index >= 15 is 0 Å². The Morgan fingerprint density at radius 1 is 1.05 bits per heavy atom. The minimum atomic E-state index is -0.0242. The summed E-state index contributed by atoms with van der Waals surface area (Å²) in [5, 5.41) is 3.33. The first-order chi connectivity index (χ1) is 9.92. The van der Waals surface area contributed by atoms with Gasteiger partial charge in [-0.15, -0.1) is 11.3 Å². The minimum Gasteiger partial charge on any atom is -0.481 e. The summed E-state index contributed by atoms with van der Waals surface area (Å²) in [5.74, 6) is 0.946. The van der Waals surface area contributed by atoms with Gasteiger partial charge in [-0.05, 0) is 28.5 Å². The van der Waals surface area contributed by atoms with E-state index in [2.05, 4.69) is 29.6 Å². The van der Waals surface area contributed by atoms with Crippen molar-refractivity contribution in [1.82, 2.24) is 0 Å². The third-order valence-electron chi connectivity index (χ3n) is 3.52. The minimum absolute atomic E-state index is 0.0242. The molecule has 0 bridgehead atoms. The van der Waals surface area contributed by atoms with Crippen molar-refractivity contribution in [2.75, 3.05) is 6.61 Å². The van der Waals surface area contributed by atoms with E-state index in [1.165, 1.54) is 15.6 Å².